The normalized spacial score (nSPS) is 30.2. The smallest absolute Gasteiger partial charge is 0.254 e. The maximum atomic E-state index is 13.6. The van der Waals surface area contributed by atoms with Gasteiger partial charge in [0.05, 0.1) is 25.4 Å². The summed E-state index contributed by atoms with van der Waals surface area (Å²) < 4.78 is 34.9. The molecule has 0 aromatic rings. The van der Waals surface area contributed by atoms with Gasteiger partial charge in [-0.15, -0.1) is 0 Å². The highest BCUT2D eigenvalue weighted by molar-refractivity contribution is 5.82. The van der Waals surface area contributed by atoms with Crippen molar-refractivity contribution in [2.45, 2.75) is 147 Å². The number of aliphatic hydroxyl groups excluding tert-OH is 5. The van der Waals surface area contributed by atoms with Crippen LogP contribution in [0.1, 0.15) is 73.1 Å². The molecule has 2 aliphatic rings. The molecule has 2 unspecified atom stereocenters. The first-order chi connectivity index (χ1) is 23.8. The lowest BCUT2D eigenvalue weighted by Gasteiger charge is -2.44. The van der Waals surface area contributed by atoms with Crippen LogP contribution in [0.4, 0.5) is 0 Å². The molecule has 6 N–H and O–H groups in total. The molecule has 2 fully saturated rings. The number of aliphatic hydroxyl groups is 5. The number of hydrogen-bond donors (Lipinski definition) is 6. The van der Waals surface area contributed by atoms with Crippen molar-refractivity contribution in [1.29, 1.82) is 0 Å². The fraction of sp³-hybridized carbons (Fsp3) is 0.941. The van der Waals surface area contributed by atoms with E-state index >= 15 is 0 Å². The van der Waals surface area contributed by atoms with Gasteiger partial charge >= 0.3 is 0 Å². The number of rotatable bonds is 23. The van der Waals surface area contributed by atoms with Crippen LogP contribution in [0.15, 0.2) is 0 Å². The standard InChI is InChI=1S/C34H65N3O13/c1-8-37(17-13-14-18-38)32(44)30-28(47-21(2)3)24(40)25(41)33(49-30)46-20-19-45-27-23(39)26(42)34(48-22(4)5)50-29(27)31(43)36(7)16-12-10-9-11-15-35-6/h21-30,33-35,38-42H,8-20H2,1-7H3/t23-,24-,25+,26+,27+,28+,29?,30?,33-,34-/m1/s1. The molecule has 2 amide bonds. The van der Waals surface area contributed by atoms with E-state index in [-0.39, 0.29) is 32.0 Å². The summed E-state index contributed by atoms with van der Waals surface area (Å²) in [5, 5.41) is 56.0. The van der Waals surface area contributed by atoms with Gasteiger partial charge in [0.1, 0.15) is 36.6 Å². The number of carbonyl (C=O) groups excluding carboxylic acids is 2. The van der Waals surface area contributed by atoms with Crippen LogP contribution in [0.5, 0.6) is 0 Å². The van der Waals surface area contributed by atoms with Crippen molar-refractivity contribution in [3.8, 4) is 0 Å². The van der Waals surface area contributed by atoms with E-state index in [0.717, 1.165) is 32.2 Å². The Bertz CT molecular complexity index is 963. The second kappa shape index (κ2) is 23.2. The third-order valence-electron chi connectivity index (χ3n) is 8.66. The summed E-state index contributed by atoms with van der Waals surface area (Å²) in [6.45, 7) is 10.4. The van der Waals surface area contributed by atoms with E-state index in [0.29, 0.717) is 32.5 Å². The molecule has 0 spiro atoms. The molecular weight excluding hydrogens is 658 g/mol. The minimum atomic E-state index is -1.58. The number of carbonyl (C=O) groups is 2. The van der Waals surface area contributed by atoms with Crippen molar-refractivity contribution >= 4 is 11.8 Å². The van der Waals surface area contributed by atoms with Crippen LogP contribution < -0.4 is 5.32 Å². The number of amides is 2. The highest BCUT2D eigenvalue weighted by atomic mass is 16.7. The largest absolute Gasteiger partial charge is 0.396 e. The third kappa shape index (κ3) is 13.5. The molecule has 16 heteroatoms. The summed E-state index contributed by atoms with van der Waals surface area (Å²) in [5.74, 6) is -0.898. The summed E-state index contributed by atoms with van der Waals surface area (Å²) in [7, 11) is 3.55. The van der Waals surface area contributed by atoms with Gasteiger partial charge in [0.15, 0.2) is 24.8 Å². The van der Waals surface area contributed by atoms with E-state index in [1.807, 2.05) is 7.05 Å². The highest BCUT2D eigenvalue weighted by Crippen LogP contribution is 2.29. The van der Waals surface area contributed by atoms with E-state index in [1.165, 1.54) is 9.80 Å². The maximum absolute atomic E-state index is 13.6. The molecule has 0 aromatic heterocycles. The van der Waals surface area contributed by atoms with E-state index in [9.17, 15) is 30.0 Å². The zero-order valence-corrected chi connectivity index (χ0v) is 31.0. The van der Waals surface area contributed by atoms with Gasteiger partial charge in [-0.3, -0.25) is 9.59 Å². The maximum Gasteiger partial charge on any atom is 0.254 e. The van der Waals surface area contributed by atoms with Crippen molar-refractivity contribution < 1.29 is 63.5 Å². The first-order valence-corrected chi connectivity index (χ1v) is 18.1. The van der Waals surface area contributed by atoms with Crippen molar-refractivity contribution in [1.82, 2.24) is 15.1 Å². The summed E-state index contributed by atoms with van der Waals surface area (Å²) >= 11 is 0. The molecule has 0 bridgehead atoms. The predicted octanol–water partition coefficient (Wildman–Crippen LogP) is -0.641. The Kier molecular flexibility index (Phi) is 20.7. The number of ether oxygens (including phenoxy) is 6. The fourth-order valence-corrected chi connectivity index (χ4v) is 5.94. The summed E-state index contributed by atoms with van der Waals surface area (Å²) in [6.07, 6.45) is -9.83. The third-order valence-corrected chi connectivity index (χ3v) is 8.66. The molecule has 2 saturated heterocycles. The van der Waals surface area contributed by atoms with Gasteiger partial charge in [-0.1, -0.05) is 12.8 Å². The van der Waals surface area contributed by atoms with Crippen molar-refractivity contribution in [3.63, 3.8) is 0 Å². The number of likely N-dealkylation sites (N-methyl/N-ethyl adjacent to an activating group) is 2. The molecular formula is C34H65N3O13. The van der Waals surface area contributed by atoms with E-state index < -0.39 is 73.2 Å². The second-order valence-corrected chi connectivity index (χ2v) is 13.5. The van der Waals surface area contributed by atoms with E-state index in [1.54, 1.807) is 41.7 Å². The molecule has 50 heavy (non-hydrogen) atoms. The molecule has 0 aromatic carbocycles. The lowest BCUT2D eigenvalue weighted by molar-refractivity contribution is -0.314. The molecule has 0 radical (unpaired) electrons. The van der Waals surface area contributed by atoms with Gasteiger partial charge in [-0.05, 0) is 73.9 Å². The van der Waals surface area contributed by atoms with Crippen LogP contribution in [-0.2, 0) is 38.0 Å². The average Bonchev–Trinajstić information content (AvgIpc) is 3.07. The number of hydrogen-bond acceptors (Lipinski definition) is 14. The Morgan fingerprint density at radius 3 is 1.90 bits per heavy atom. The first-order valence-electron chi connectivity index (χ1n) is 18.1. The minimum absolute atomic E-state index is 0.00796. The molecule has 2 aliphatic heterocycles. The average molecular weight is 724 g/mol. The lowest BCUT2D eigenvalue weighted by Crippen LogP contribution is -2.64. The second-order valence-electron chi connectivity index (χ2n) is 13.5. The monoisotopic (exact) mass is 723 g/mol. The van der Waals surface area contributed by atoms with Gasteiger partial charge in [0, 0.05) is 33.3 Å². The molecule has 16 nitrogen and oxygen atoms in total. The first kappa shape index (κ1) is 44.6. The van der Waals surface area contributed by atoms with Gasteiger partial charge in [-0.25, -0.2) is 0 Å². The highest BCUT2D eigenvalue weighted by Gasteiger charge is 2.51. The Labute approximate surface area is 297 Å². The Balaban J connectivity index is 2.11. The molecule has 294 valence electrons. The van der Waals surface area contributed by atoms with Gasteiger partial charge in [0.2, 0.25) is 0 Å². The van der Waals surface area contributed by atoms with Crippen molar-refractivity contribution in [2.75, 3.05) is 60.1 Å². The van der Waals surface area contributed by atoms with E-state index in [4.69, 9.17) is 33.5 Å². The molecule has 0 saturated carbocycles. The Morgan fingerprint density at radius 1 is 0.720 bits per heavy atom. The molecule has 2 heterocycles. The zero-order valence-electron chi connectivity index (χ0n) is 31.0. The minimum Gasteiger partial charge on any atom is -0.396 e. The Morgan fingerprint density at radius 2 is 1.28 bits per heavy atom. The van der Waals surface area contributed by atoms with Crippen LogP contribution >= 0.6 is 0 Å². The zero-order chi connectivity index (χ0) is 37.4. The predicted molar refractivity (Wildman–Crippen MR) is 182 cm³/mol. The summed E-state index contributed by atoms with van der Waals surface area (Å²) in [4.78, 5) is 30.2. The number of nitrogens with zero attached hydrogens (tertiary/aromatic N) is 2. The van der Waals surface area contributed by atoms with Crippen LogP contribution in [0.3, 0.4) is 0 Å². The topological polar surface area (TPSA) is 209 Å². The Hall–Kier alpha value is -1.54. The van der Waals surface area contributed by atoms with E-state index in [2.05, 4.69) is 5.32 Å². The lowest BCUT2D eigenvalue weighted by atomic mass is 9.97. The quantitative estimate of drug-likeness (QED) is 0.0726. The molecule has 0 aliphatic carbocycles. The fourth-order valence-electron chi connectivity index (χ4n) is 5.94. The van der Waals surface area contributed by atoms with Crippen LogP contribution in [-0.4, -0.2) is 181 Å². The number of nitrogens with one attached hydrogen (secondary N) is 1. The van der Waals surface area contributed by atoms with Crippen molar-refractivity contribution in [3.05, 3.63) is 0 Å². The number of unbranched alkanes of at least 4 members (excludes halogenated alkanes) is 4. The summed E-state index contributed by atoms with van der Waals surface area (Å²) in [6, 6.07) is 0. The van der Waals surface area contributed by atoms with Gasteiger partial charge in [0.25, 0.3) is 11.8 Å². The van der Waals surface area contributed by atoms with Crippen LogP contribution in [0.25, 0.3) is 0 Å². The van der Waals surface area contributed by atoms with Crippen molar-refractivity contribution in [2.24, 2.45) is 0 Å². The van der Waals surface area contributed by atoms with Crippen LogP contribution in [0.2, 0.25) is 0 Å². The summed E-state index contributed by atoms with van der Waals surface area (Å²) in [5.41, 5.74) is 0. The van der Waals surface area contributed by atoms with Gasteiger partial charge < -0.3 is 69.1 Å². The molecule has 2 rings (SSSR count). The SMILES string of the molecule is CCN(CCCCO)C(=O)C1O[C@@H](OCCO[C@@H]2C(C(=O)N(C)CCCCCCNC)O[C@@H](OC(C)C)[C@@H](O)[C@H]2O)[C@@H](O)[C@@H](O)[C@@H]1OC(C)C. The molecule has 10 atom stereocenters. The van der Waals surface area contributed by atoms with Crippen LogP contribution in [0, 0.1) is 0 Å². The van der Waals surface area contributed by atoms with Gasteiger partial charge in [-0.2, -0.15) is 0 Å².